The van der Waals surface area contributed by atoms with Crippen LogP contribution < -0.4 is 5.32 Å². The number of nitrogens with zero attached hydrogens (tertiary/aromatic N) is 2. The number of nitrogens with one attached hydrogen (secondary N) is 1. The predicted octanol–water partition coefficient (Wildman–Crippen LogP) is 3.99. The van der Waals surface area contributed by atoms with E-state index in [4.69, 9.17) is 5.26 Å². The van der Waals surface area contributed by atoms with Gasteiger partial charge in [0.25, 0.3) is 0 Å². The molecule has 1 aromatic heterocycles. The van der Waals surface area contributed by atoms with E-state index < -0.39 is 35.0 Å². The lowest BCUT2D eigenvalue weighted by Crippen LogP contribution is -2.10. The Morgan fingerprint density at radius 3 is 2.43 bits per heavy atom. The molecule has 0 unspecified atom stereocenters. The smallest absolute Gasteiger partial charge is 0.337 e. The SMILES string of the molecule is N#Cc1ccc(C(F)(F)F)nc1Nc1cccc(F)c1F. The molecule has 108 valence electrons. The van der Waals surface area contributed by atoms with E-state index in [-0.39, 0.29) is 5.56 Å². The van der Waals surface area contributed by atoms with Gasteiger partial charge in [0.2, 0.25) is 0 Å². The largest absolute Gasteiger partial charge is 0.433 e. The number of halogens is 5. The Kier molecular flexibility index (Phi) is 3.76. The molecule has 0 saturated carbocycles. The summed E-state index contributed by atoms with van der Waals surface area (Å²) in [6.45, 7) is 0. The number of anilines is 2. The number of nitriles is 1. The quantitative estimate of drug-likeness (QED) is 0.853. The minimum Gasteiger partial charge on any atom is -0.337 e. The molecule has 21 heavy (non-hydrogen) atoms. The molecule has 8 heteroatoms. The van der Waals surface area contributed by atoms with Gasteiger partial charge in [0.05, 0.1) is 11.3 Å². The van der Waals surface area contributed by atoms with E-state index in [1.807, 2.05) is 0 Å². The Morgan fingerprint density at radius 1 is 1.10 bits per heavy atom. The Hall–Kier alpha value is -2.69. The molecular formula is C13H6F5N3. The number of aromatic nitrogens is 1. The van der Waals surface area contributed by atoms with Crippen molar-refractivity contribution in [1.29, 1.82) is 5.26 Å². The third kappa shape index (κ3) is 3.08. The van der Waals surface area contributed by atoms with Crippen LogP contribution in [0, 0.1) is 23.0 Å². The second-order valence-corrected chi connectivity index (χ2v) is 3.93. The lowest BCUT2D eigenvalue weighted by Gasteiger charge is -2.11. The monoisotopic (exact) mass is 299 g/mol. The fourth-order valence-electron chi connectivity index (χ4n) is 1.53. The number of rotatable bonds is 2. The van der Waals surface area contributed by atoms with Crippen molar-refractivity contribution in [1.82, 2.24) is 4.98 Å². The molecule has 2 aromatic rings. The Bertz CT molecular complexity index is 719. The summed E-state index contributed by atoms with van der Waals surface area (Å²) in [5.41, 5.74) is -1.90. The van der Waals surface area contributed by atoms with Crippen LogP contribution in [0.25, 0.3) is 0 Å². The van der Waals surface area contributed by atoms with Crippen LogP contribution in [0.3, 0.4) is 0 Å². The first-order valence-electron chi connectivity index (χ1n) is 5.52. The van der Waals surface area contributed by atoms with Crippen molar-refractivity contribution >= 4 is 11.5 Å². The first-order chi connectivity index (χ1) is 9.82. The topological polar surface area (TPSA) is 48.7 Å². The summed E-state index contributed by atoms with van der Waals surface area (Å²) in [7, 11) is 0. The molecule has 0 atom stereocenters. The maximum absolute atomic E-state index is 13.5. The van der Waals surface area contributed by atoms with E-state index in [9.17, 15) is 22.0 Å². The van der Waals surface area contributed by atoms with Crippen LogP contribution in [-0.4, -0.2) is 4.98 Å². The van der Waals surface area contributed by atoms with Crippen molar-refractivity contribution in [3.8, 4) is 6.07 Å². The molecule has 0 saturated heterocycles. The third-order valence-corrected chi connectivity index (χ3v) is 2.51. The van der Waals surface area contributed by atoms with Gasteiger partial charge in [-0.25, -0.2) is 13.8 Å². The van der Waals surface area contributed by atoms with Gasteiger partial charge in [-0.3, -0.25) is 0 Å². The molecule has 0 amide bonds. The predicted molar refractivity (Wildman–Crippen MR) is 63.6 cm³/mol. The van der Waals surface area contributed by atoms with Crippen LogP contribution in [0.4, 0.5) is 33.5 Å². The zero-order chi connectivity index (χ0) is 15.6. The highest BCUT2D eigenvalue weighted by molar-refractivity contribution is 5.63. The molecule has 0 aliphatic rings. The number of pyridine rings is 1. The minimum absolute atomic E-state index is 0.230. The molecule has 0 aliphatic carbocycles. The molecule has 0 aliphatic heterocycles. The molecule has 2 rings (SSSR count). The van der Waals surface area contributed by atoms with Crippen LogP contribution in [0.15, 0.2) is 30.3 Å². The van der Waals surface area contributed by atoms with E-state index >= 15 is 0 Å². The molecule has 0 fully saturated rings. The summed E-state index contributed by atoms with van der Waals surface area (Å²) in [5, 5.41) is 11.0. The van der Waals surface area contributed by atoms with Gasteiger partial charge < -0.3 is 5.32 Å². The summed E-state index contributed by atoms with van der Waals surface area (Å²) >= 11 is 0. The maximum Gasteiger partial charge on any atom is 0.433 e. The summed E-state index contributed by atoms with van der Waals surface area (Å²) in [6, 6.07) is 6.28. The lowest BCUT2D eigenvalue weighted by molar-refractivity contribution is -0.141. The van der Waals surface area contributed by atoms with E-state index in [2.05, 4.69) is 10.3 Å². The highest BCUT2D eigenvalue weighted by Crippen LogP contribution is 2.30. The second kappa shape index (κ2) is 5.36. The van der Waals surface area contributed by atoms with E-state index in [1.165, 1.54) is 6.07 Å². The summed E-state index contributed by atoms with van der Waals surface area (Å²) in [5.74, 6) is -2.96. The van der Waals surface area contributed by atoms with Crippen molar-refractivity contribution in [2.75, 3.05) is 5.32 Å². The van der Waals surface area contributed by atoms with Gasteiger partial charge in [-0.2, -0.15) is 18.4 Å². The molecule has 1 N–H and O–H groups in total. The fraction of sp³-hybridized carbons (Fsp3) is 0.0769. The van der Waals surface area contributed by atoms with E-state index in [0.717, 1.165) is 18.2 Å². The maximum atomic E-state index is 13.5. The minimum atomic E-state index is -4.72. The van der Waals surface area contributed by atoms with Gasteiger partial charge in [-0.15, -0.1) is 0 Å². The average Bonchev–Trinajstić information content (AvgIpc) is 2.43. The van der Waals surface area contributed by atoms with Gasteiger partial charge in [0.15, 0.2) is 11.6 Å². The molecule has 0 radical (unpaired) electrons. The standard InChI is InChI=1S/C13H6F5N3/c14-8-2-1-3-9(11(8)15)20-12-7(6-19)4-5-10(21-12)13(16,17)18/h1-5H,(H,20,21). The summed E-state index contributed by atoms with van der Waals surface area (Å²) in [6.07, 6.45) is -4.72. The highest BCUT2D eigenvalue weighted by atomic mass is 19.4. The Balaban J connectivity index is 2.48. The van der Waals surface area contributed by atoms with Gasteiger partial charge in [0, 0.05) is 0 Å². The number of benzene rings is 1. The molecule has 1 heterocycles. The lowest BCUT2D eigenvalue weighted by atomic mass is 10.2. The van der Waals surface area contributed by atoms with Crippen molar-refractivity contribution in [2.45, 2.75) is 6.18 Å². The number of hydrogen-bond acceptors (Lipinski definition) is 3. The zero-order valence-electron chi connectivity index (χ0n) is 10.2. The zero-order valence-corrected chi connectivity index (χ0v) is 10.2. The third-order valence-electron chi connectivity index (χ3n) is 2.51. The number of alkyl halides is 3. The van der Waals surface area contributed by atoms with Crippen molar-refractivity contribution < 1.29 is 22.0 Å². The normalized spacial score (nSPS) is 11.0. The van der Waals surface area contributed by atoms with E-state index in [1.54, 1.807) is 6.07 Å². The van der Waals surface area contributed by atoms with Crippen LogP contribution >= 0.6 is 0 Å². The summed E-state index contributed by atoms with van der Waals surface area (Å²) in [4.78, 5) is 3.23. The van der Waals surface area contributed by atoms with Gasteiger partial charge in [-0.05, 0) is 24.3 Å². The van der Waals surface area contributed by atoms with Crippen molar-refractivity contribution in [3.63, 3.8) is 0 Å². The first-order valence-corrected chi connectivity index (χ1v) is 5.52. The average molecular weight is 299 g/mol. The van der Waals surface area contributed by atoms with Crippen LogP contribution in [-0.2, 0) is 6.18 Å². The Morgan fingerprint density at radius 2 is 1.81 bits per heavy atom. The Labute approximate surface area is 115 Å². The number of hydrogen-bond donors (Lipinski definition) is 1. The molecule has 0 spiro atoms. The molecular weight excluding hydrogens is 293 g/mol. The van der Waals surface area contributed by atoms with Gasteiger partial charge in [-0.1, -0.05) is 6.07 Å². The van der Waals surface area contributed by atoms with Gasteiger partial charge in [0.1, 0.15) is 17.6 Å². The van der Waals surface area contributed by atoms with Crippen molar-refractivity contribution in [2.24, 2.45) is 0 Å². The van der Waals surface area contributed by atoms with Crippen LogP contribution in [0.5, 0.6) is 0 Å². The second-order valence-electron chi connectivity index (χ2n) is 3.93. The molecule has 0 bridgehead atoms. The first kappa shape index (κ1) is 14.7. The van der Waals surface area contributed by atoms with Crippen LogP contribution in [0.2, 0.25) is 0 Å². The molecule has 1 aromatic carbocycles. The summed E-state index contributed by atoms with van der Waals surface area (Å²) < 4.78 is 64.3. The van der Waals surface area contributed by atoms with Crippen molar-refractivity contribution in [3.05, 3.63) is 53.2 Å². The highest BCUT2D eigenvalue weighted by Gasteiger charge is 2.33. The fourth-order valence-corrected chi connectivity index (χ4v) is 1.53. The van der Waals surface area contributed by atoms with Gasteiger partial charge >= 0.3 is 6.18 Å². The van der Waals surface area contributed by atoms with E-state index in [0.29, 0.717) is 6.07 Å². The molecule has 3 nitrogen and oxygen atoms in total. The van der Waals surface area contributed by atoms with Crippen LogP contribution in [0.1, 0.15) is 11.3 Å².